The fourth-order valence-electron chi connectivity index (χ4n) is 4.31. The molecule has 0 aliphatic heterocycles. The first-order valence-corrected chi connectivity index (χ1v) is 9.82. The number of carbonyl (C=O) groups excluding carboxylic acids is 2. The van der Waals surface area contributed by atoms with Crippen molar-refractivity contribution in [1.82, 2.24) is 0 Å². The lowest BCUT2D eigenvalue weighted by molar-refractivity contribution is -0.141. The van der Waals surface area contributed by atoms with Crippen LogP contribution in [0.1, 0.15) is 50.7 Å². The Morgan fingerprint density at radius 1 is 1.17 bits per heavy atom. The van der Waals surface area contributed by atoms with Gasteiger partial charge in [0.2, 0.25) is 0 Å². The van der Waals surface area contributed by atoms with E-state index >= 15 is 0 Å². The second kappa shape index (κ2) is 8.17. The highest BCUT2D eigenvalue weighted by Gasteiger charge is 2.38. The minimum atomic E-state index is -4.40. The van der Waals surface area contributed by atoms with Crippen molar-refractivity contribution >= 4 is 11.8 Å². The minimum Gasteiger partial charge on any atom is -0.457 e. The first-order chi connectivity index (χ1) is 13.6. The molecule has 0 spiro atoms. The fraction of sp³-hybridized carbons (Fsp3) is 0.478. The summed E-state index contributed by atoms with van der Waals surface area (Å²) in [5.74, 6) is 0.200. The molecule has 1 saturated carbocycles. The second-order valence-electron chi connectivity index (χ2n) is 8.14. The van der Waals surface area contributed by atoms with E-state index in [0.29, 0.717) is 29.9 Å². The summed E-state index contributed by atoms with van der Waals surface area (Å²) in [4.78, 5) is 24.6. The molecule has 0 amide bonds. The van der Waals surface area contributed by atoms with Crippen LogP contribution in [0.25, 0.3) is 0 Å². The number of rotatable bonds is 4. The van der Waals surface area contributed by atoms with E-state index in [1.54, 1.807) is 0 Å². The molecule has 0 aromatic heterocycles. The van der Waals surface area contributed by atoms with Crippen molar-refractivity contribution in [3.05, 3.63) is 58.7 Å². The van der Waals surface area contributed by atoms with E-state index < -0.39 is 17.7 Å². The molecule has 3 atom stereocenters. The summed E-state index contributed by atoms with van der Waals surface area (Å²) in [6.45, 7) is 7.82. The molecule has 1 fully saturated rings. The van der Waals surface area contributed by atoms with E-state index in [0.717, 1.165) is 36.1 Å². The van der Waals surface area contributed by atoms with E-state index in [4.69, 9.17) is 4.74 Å². The van der Waals surface area contributed by atoms with Gasteiger partial charge in [-0.25, -0.2) is 4.79 Å². The predicted molar refractivity (Wildman–Crippen MR) is 103 cm³/mol. The van der Waals surface area contributed by atoms with Crippen molar-refractivity contribution in [3.8, 4) is 0 Å². The van der Waals surface area contributed by atoms with Crippen molar-refractivity contribution in [2.24, 2.45) is 17.8 Å². The number of halogens is 3. The summed E-state index contributed by atoms with van der Waals surface area (Å²) in [7, 11) is 0. The van der Waals surface area contributed by atoms with Crippen LogP contribution < -0.4 is 0 Å². The van der Waals surface area contributed by atoms with Crippen molar-refractivity contribution in [2.45, 2.75) is 52.3 Å². The maximum atomic E-state index is 12.6. The van der Waals surface area contributed by atoms with Gasteiger partial charge >= 0.3 is 12.1 Å². The third-order valence-corrected chi connectivity index (χ3v) is 6.28. The monoisotopic (exact) mass is 406 g/mol. The zero-order valence-electron chi connectivity index (χ0n) is 16.6. The molecule has 156 valence electrons. The van der Waals surface area contributed by atoms with Crippen LogP contribution in [0, 0.1) is 17.8 Å². The standard InChI is InChI=1S/C23H25F3O3/c1-13-4-7-17(10-20-15(3)21(27)11-19(13)20)14(2)22(28)29-12-16-5-8-18(9-6-16)23(24,25)26/h5-6,8-9,13,17,19H,2,4,7,10-12H2,1,3H3/t13?,17-,19-/m0/s1. The number of alkyl halides is 3. The molecule has 0 bridgehead atoms. The second-order valence-corrected chi connectivity index (χ2v) is 8.14. The largest absolute Gasteiger partial charge is 0.457 e. The van der Waals surface area contributed by atoms with E-state index in [-0.39, 0.29) is 24.2 Å². The van der Waals surface area contributed by atoms with Gasteiger partial charge in [-0.05, 0) is 67.2 Å². The number of hydrogen-bond acceptors (Lipinski definition) is 3. The fourth-order valence-corrected chi connectivity index (χ4v) is 4.31. The summed E-state index contributed by atoms with van der Waals surface area (Å²) < 4.78 is 43.2. The summed E-state index contributed by atoms with van der Waals surface area (Å²) in [6, 6.07) is 4.54. The molecule has 2 aliphatic carbocycles. The van der Waals surface area contributed by atoms with Crippen molar-refractivity contribution in [3.63, 3.8) is 0 Å². The number of esters is 1. The Balaban J connectivity index is 1.63. The van der Waals surface area contributed by atoms with Gasteiger partial charge in [-0.3, -0.25) is 4.79 Å². The molecule has 1 unspecified atom stereocenters. The number of Topliss-reactive ketones (excluding diaryl/α,β-unsaturated/α-hetero) is 1. The molecule has 3 nitrogen and oxygen atoms in total. The molecule has 3 rings (SSSR count). The normalized spacial score (nSPS) is 24.9. The SMILES string of the molecule is C=C(C(=O)OCc1ccc(C(F)(F)F)cc1)[C@H]1CCC(C)[C@@H]2CC(=O)C(C)=C2C1. The molecule has 29 heavy (non-hydrogen) atoms. The lowest BCUT2D eigenvalue weighted by Crippen LogP contribution is -2.16. The zero-order valence-corrected chi connectivity index (χ0v) is 16.6. The zero-order chi connectivity index (χ0) is 21.3. The molecule has 2 aliphatic rings. The first kappa shape index (κ1) is 21.3. The van der Waals surface area contributed by atoms with Gasteiger partial charge in [0, 0.05) is 12.0 Å². The van der Waals surface area contributed by atoms with Crippen LogP contribution in [0.4, 0.5) is 13.2 Å². The van der Waals surface area contributed by atoms with E-state index in [1.807, 2.05) is 6.92 Å². The Morgan fingerprint density at radius 3 is 2.45 bits per heavy atom. The molecule has 0 heterocycles. The maximum Gasteiger partial charge on any atom is 0.416 e. The van der Waals surface area contributed by atoms with Gasteiger partial charge in [-0.15, -0.1) is 0 Å². The van der Waals surface area contributed by atoms with Crippen LogP contribution in [0.2, 0.25) is 0 Å². The average molecular weight is 406 g/mol. The molecule has 6 heteroatoms. The number of ether oxygens (including phenoxy) is 1. The van der Waals surface area contributed by atoms with Crippen molar-refractivity contribution in [2.75, 3.05) is 0 Å². The van der Waals surface area contributed by atoms with Crippen LogP contribution in [0.15, 0.2) is 47.6 Å². The molecule has 0 saturated heterocycles. The highest BCUT2D eigenvalue weighted by atomic mass is 19.4. The molecule has 0 radical (unpaired) electrons. The lowest BCUT2D eigenvalue weighted by Gasteiger charge is -2.19. The van der Waals surface area contributed by atoms with Gasteiger partial charge in [-0.2, -0.15) is 13.2 Å². The first-order valence-electron chi connectivity index (χ1n) is 9.82. The third kappa shape index (κ3) is 4.62. The quantitative estimate of drug-likeness (QED) is 0.480. The summed E-state index contributed by atoms with van der Waals surface area (Å²) in [5, 5.41) is 0. The highest BCUT2D eigenvalue weighted by molar-refractivity contribution is 5.98. The summed E-state index contributed by atoms with van der Waals surface area (Å²) in [5.41, 5.74) is 2.06. The van der Waals surface area contributed by atoms with E-state index in [2.05, 4.69) is 13.5 Å². The van der Waals surface area contributed by atoms with Gasteiger partial charge in [-0.1, -0.05) is 31.2 Å². The molecule has 1 aromatic rings. The Hall–Kier alpha value is -2.37. The number of carbonyl (C=O) groups is 2. The lowest BCUT2D eigenvalue weighted by atomic mass is 9.86. The van der Waals surface area contributed by atoms with Crippen LogP contribution in [0.5, 0.6) is 0 Å². The Kier molecular flexibility index (Phi) is 6.01. The third-order valence-electron chi connectivity index (χ3n) is 6.28. The Labute approximate surface area is 168 Å². The summed E-state index contributed by atoms with van der Waals surface area (Å²) >= 11 is 0. The average Bonchev–Trinajstić information content (AvgIpc) is 2.85. The summed E-state index contributed by atoms with van der Waals surface area (Å²) in [6.07, 6.45) is -1.49. The van der Waals surface area contributed by atoms with Crippen molar-refractivity contribution in [1.29, 1.82) is 0 Å². The van der Waals surface area contributed by atoms with Crippen LogP contribution >= 0.6 is 0 Å². The predicted octanol–water partition coefficient (Wildman–Crippen LogP) is 5.65. The van der Waals surface area contributed by atoms with Crippen LogP contribution in [0.3, 0.4) is 0 Å². The van der Waals surface area contributed by atoms with E-state index in [1.165, 1.54) is 12.1 Å². The number of fused-ring (bicyclic) bond motifs is 1. The number of benzene rings is 1. The highest BCUT2D eigenvalue weighted by Crippen LogP contribution is 2.45. The van der Waals surface area contributed by atoms with Gasteiger partial charge in [0.1, 0.15) is 6.61 Å². The van der Waals surface area contributed by atoms with Gasteiger partial charge in [0.25, 0.3) is 0 Å². The smallest absolute Gasteiger partial charge is 0.416 e. The molecular weight excluding hydrogens is 381 g/mol. The number of allylic oxidation sites excluding steroid dienone is 2. The Morgan fingerprint density at radius 2 is 1.83 bits per heavy atom. The molecular formula is C23H25F3O3. The van der Waals surface area contributed by atoms with Crippen molar-refractivity contribution < 1.29 is 27.5 Å². The van der Waals surface area contributed by atoms with Crippen LogP contribution in [-0.4, -0.2) is 11.8 Å². The number of hydrogen-bond donors (Lipinski definition) is 0. The van der Waals surface area contributed by atoms with Gasteiger partial charge in [0.15, 0.2) is 5.78 Å². The molecule has 1 aromatic carbocycles. The Bertz CT molecular complexity index is 849. The molecule has 0 N–H and O–H groups in total. The van der Waals surface area contributed by atoms with Crippen LogP contribution in [-0.2, 0) is 27.1 Å². The van der Waals surface area contributed by atoms with Gasteiger partial charge < -0.3 is 4.74 Å². The maximum absolute atomic E-state index is 12.6. The van der Waals surface area contributed by atoms with Gasteiger partial charge in [0.05, 0.1) is 5.56 Å². The van der Waals surface area contributed by atoms with E-state index in [9.17, 15) is 22.8 Å². The topological polar surface area (TPSA) is 43.4 Å². The number of ketones is 1. The minimum absolute atomic E-state index is 0.0848.